The first-order chi connectivity index (χ1) is 14.7. The van der Waals surface area contributed by atoms with Crippen LogP contribution < -0.4 is 15.8 Å². The molecule has 1 heterocycles. The number of benzene rings is 2. The van der Waals surface area contributed by atoms with Gasteiger partial charge in [0.2, 0.25) is 0 Å². The zero-order chi connectivity index (χ0) is 22.8. The van der Waals surface area contributed by atoms with Crippen LogP contribution in [0, 0.1) is 6.92 Å². The molecule has 31 heavy (non-hydrogen) atoms. The fraction of sp³-hybridized carbons (Fsp3) is 0.227. The Hall–Kier alpha value is -3.75. The van der Waals surface area contributed by atoms with Crippen LogP contribution in [-0.2, 0) is 10.3 Å². The first-order valence-electron chi connectivity index (χ1n) is 9.35. The van der Waals surface area contributed by atoms with Gasteiger partial charge in [-0.25, -0.2) is 4.79 Å². The molecule has 1 aliphatic heterocycles. The highest BCUT2D eigenvalue weighted by Crippen LogP contribution is 2.38. The van der Waals surface area contributed by atoms with E-state index < -0.39 is 24.1 Å². The minimum absolute atomic E-state index is 0.0136. The van der Waals surface area contributed by atoms with Crippen molar-refractivity contribution >= 4 is 23.7 Å². The fourth-order valence-corrected chi connectivity index (χ4v) is 3.60. The number of amides is 3. The van der Waals surface area contributed by atoms with Crippen LogP contribution in [0.1, 0.15) is 22.3 Å². The lowest BCUT2D eigenvalue weighted by Crippen LogP contribution is -2.45. The second-order valence-electron chi connectivity index (χ2n) is 6.99. The number of hydrogen-bond acceptors (Lipinski definition) is 5. The summed E-state index contributed by atoms with van der Waals surface area (Å²) in [6.07, 6.45) is 2.97. The van der Waals surface area contributed by atoms with Crippen LogP contribution >= 0.6 is 0 Å². The van der Waals surface area contributed by atoms with Crippen molar-refractivity contribution in [1.29, 1.82) is 0 Å². The molecule has 1 saturated heterocycles. The van der Waals surface area contributed by atoms with Gasteiger partial charge in [-0.1, -0.05) is 24.3 Å². The first-order valence-corrected chi connectivity index (χ1v) is 9.35. The third-order valence-electron chi connectivity index (χ3n) is 5.13. The van der Waals surface area contributed by atoms with Crippen LogP contribution in [0.5, 0.6) is 5.75 Å². The molecule has 3 N–H and O–H groups in total. The zero-order valence-electron chi connectivity index (χ0n) is 17.2. The van der Waals surface area contributed by atoms with Gasteiger partial charge in [0.1, 0.15) is 5.75 Å². The van der Waals surface area contributed by atoms with E-state index in [2.05, 4.69) is 15.0 Å². The van der Waals surface area contributed by atoms with Gasteiger partial charge in [0, 0.05) is 32.1 Å². The average Bonchev–Trinajstić information content (AvgIpc) is 2.98. The predicted molar refractivity (Wildman–Crippen MR) is 113 cm³/mol. The Kier molecular flexibility index (Phi) is 6.05. The molecule has 3 rings (SSSR count). The highest BCUT2D eigenvalue weighted by molar-refractivity contribution is 6.11. The van der Waals surface area contributed by atoms with E-state index >= 15 is 0 Å². The van der Waals surface area contributed by atoms with Gasteiger partial charge in [0.25, 0.3) is 5.91 Å². The lowest BCUT2D eigenvalue weighted by atomic mass is 9.81. The van der Waals surface area contributed by atoms with Gasteiger partial charge < -0.3 is 15.8 Å². The Labute approximate surface area is 178 Å². The molecule has 7 nitrogen and oxygen atoms in total. The summed E-state index contributed by atoms with van der Waals surface area (Å²) in [7, 11) is 2.98. The van der Waals surface area contributed by atoms with E-state index in [9.17, 15) is 18.4 Å². The fourth-order valence-electron chi connectivity index (χ4n) is 3.60. The summed E-state index contributed by atoms with van der Waals surface area (Å²) in [6, 6.07) is 10.8. The number of imide groups is 1. The van der Waals surface area contributed by atoms with Crippen molar-refractivity contribution in [3.05, 3.63) is 70.9 Å². The Morgan fingerprint density at radius 2 is 1.94 bits per heavy atom. The maximum Gasteiger partial charge on any atom is 0.387 e. The summed E-state index contributed by atoms with van der Waals surface area (Å²) < 4.78 is 29.8. The first kappa shape index (κ1) is 21.9. The Balaban J connectivity index is 2.21. The molecule has 0 bridgehead atoms. The van der Waals surface area contributed by atoms with Gasteiger partial charge in [-0.15, -0.1) is 0 Å². The van der Waals surface area contributed by atoms with Crippen LogP contribution in [-0.4, -0.2) is 43.8 Å². The van der Waals surface area contributed by atoms with Crippen molar-refractivity contribution < 1.29 is 23.1 Å². The molecular weight excluding hydrogens is 406 g/mol. The van der Waals surface area contributed by atoms with Crippen molar-refractivity contribution in [2.75, 3.05) is 14.1 Å². The molecule has 0 spiro atoms. The summed E-state index contributed by atoms with van der Waals surface area (Å²) in [5, 5.41) is 2.77. The van der Waals surface area contributed by atoms with Crippen molar-refractivity contribution in [2.24, 2.45) is 10.7 Å². The average molecular weight is 428 g/mol. The maximum atomic E-state index is 13.3. The topological polar surface area (TPSA) is 97.0 Å². The Bertz CT molecular complexity index is 1080. The second kappa shape index (κ2) is 8.55. The molecule has 1 aliphatic rings. The van der Waals surface area contributed by atoms with Gasteiger partial charge in [0.15, 0.2) is 5.54 Å². The Morgan fingerprint density at radius 3 is 2.48 bits per heavy atom. The van der Waals surface area contributed by atoms with Gasteiger partial charge in [0.05, 0.1) is 0 Å². The summed E-state index contributed by atoms with van der Waals surface area (Å²) >= 11 is 0. The number of aryl methyl sites for hydroxylation is 1. The van der Waals surface area contributed by atoms with Gasteiger partial charge >= 0.3 is 12.6 Å². The lowest BCUT2D eigenvalue weighted by molar-refractivity contribution is -0.129. The van der Waals surface area contributed by atoms with E-state index in [-0.39, 0.29) is 5.75 Å². The minimum Gasteiger partial charge on any atom is -0.435 e. The number of alkyl halides is 2. The summed E-state index contributed by atoms with van der Waals surface area (Å²) in [5.41, 5.74) is 6.78. The monoisotopic (exact) mass is 428 g/mol. The molecule has 0 aromatic heterocycles. The van der Waals surface area contributed by atoms with Crippen molar-refractivity contribution in [1.82, 2.24) is 10.2 Å². The van der Waals surface area contributed by atoms with E-state index in [0.29, 0.717) is 27.8 Å². The molecule has 1 atom stereocenters. The number of halogens is 2. The molecule has 0 saturated carbocycles. The molecule has 1 fully saturated rings. The smallest absolute Gasteiger partial charge is 0.387 e. The number of rotatable bonds is 6. The highest BCUT2D eigenvalue weighted by Gasteiger charge is 2.52. The van der Waals surface area contributed by atoms with Crippen molar-refractivity contribution in [3.8, 4) is 5.75 Å². The minimum atomic E-state index is -2.98. The number of aliphatic imine (C=N–C) groups is 1. The lowest BCUT2D eigenvalue weighted by Gasteiger charge is -2.29. The SMILES string of the molecule is CN=CC(=CN)c1cccc(C2(c3ccc(OC(F)F)c(C)c3)NC(=O)N(C)C2=O)c1. The number of hydrogen-bond donors (Lipinski definition) is 2. The normalized spacial score (nSPS) is 19.4. The Morgan fingerprint density at radius 1 is 1.23 bits per heavy atom. The van der Waals surface area contributed by atoms with Crippen LogP contribution in [0.4, 0.5) is 13.6 Å². The quantitative estimate of drug-likeness (QED) is 0.546. The molecule has 3 amide bonds. The third-order valence-corrected chi connectivity index (χ3v) is 5.13. The van der Waals surface area contributed by atoms with Crippen LogP contribution in [0.15, 0.2) is 53.7 Å². The molecule has 2 aromatic carbocycles. The number of likely N-dealkylation sites (N-methyl/N-ethyl adjacent to an activating group) is 1. The number of urea groups is 1. The number of nitrogens with zero attached hydrogens (tertiary/aromatic N) is 2. The van der Waals surface area contributed by atoms with E-state index in [1.807, 2.05) is 0 Å². The second-order valence-corrected chi connectivity index (χ2v) is 6.99. The highest BCUT2D eigenvalue weighted by atomic mass is 19.3. The summed E-state index contributed by atoms with van der Waals surface area (Å²) in [6.45, 7) is -1.39. The molecule has 9 heteroatoms. The van der Waals surface area contributed by atoms with E-state index in [1.54, 1.807) is 50.5 Å². The van der Waals surface area contributed by atoms with E-state index in [4.69, 9.17) is 5.73 Å². The van der Waals surface area contributed by atoms with Gasteiger partial charge in [-0.3, -0.25) is 14.7 Å². The summed E-state index contributed by atoms with van der Waals surface area (Å²) in [5.74, 6) is -0.515. The molecule has 162 valence electrons. The maximum absolute atomic E-state index is 13.3. The van der Waals surface area contributed by atoms with Crippen molar-refractivity contribution in [2.45, 2.75) is 19.1 Å². The number of nitrogens with two attached hydrogens (primary N) is 1. The molecule has 2 aromatic rings. The van der Waals surface area contributed by atoms with Crippen LogP contribution in [0.3, 0.4) is 0 Å². The molecular formula is C22H22F2N4O3. The molecule has 0 aliphatic carbocycles. The molecule has 1 unspecified atom stereocenters. The van der Waals surface area contributed by atoms with Gasteiger partial charge in [-0.2, -0.15) is 8.78 Å². The van der Waals surface area contributed by atoms with Crippen LogP contribution in [0.2, 0.25) is 0 Å². The number of carbonyl (C=O) groups is 2. The number of ether oxygens (including phenoxy) is 1. The largest absolute Gasteiger partial charge is 0.435 e. The van der Waals surface area contributed by atoms with Gasteiger partial charge in [-0.05, 0) is 47.4 Å². The van der Waals surface area contributed by atoms with Crippen molar-refractivity contribution in [3.63, 3.8) is 0 Å². The van der Waals surface area contributed by atoms with E-state index in [1.165, 1.54) is 25.4 Å². The number of allylic oxidation sites excluding steroid dienone is 1. The molecule has 0 radical (unpaired) electrons. The van der Waals surface area contributed by atoms with Crippen LogP contribution in [0.25, 0.3) is 5.57 Å². The number of carbonyl (C=O) groups excluding carboxylic acids is 2. The summed E-state index contributed by atoms with van der Waals surface area (Å²) in [4.78, 5) is 30.7. The zero-order valence-corrected chi connectivity index (χ0v) is 17.2. The third kappa shape index (κ3) is 3.86. The number of nitrogens with one attached hydrogen (secondary N) is 1. The van der Waals surface area contributed by atoms with E-state index in [0.717, 1.165) is 4.90 Å². The standard InChI is InChI=1S/C22H22F2N4O3/c1-13-9-17(7-8-18(13)31-20(23)24)22(19(29)28(3)21(30)27-22)16-6-4-5-14(10-16)15(11-25)12-26-2/h4-12,20H,25H2,1-3H3,(H,27,30). The predicted octanol–water partition coefficient (Wildman–Crippen LogP) is 3.02.